The van der Waals surface area contributed by atoms with Crippen molar-refractivity contribution in [3.63, 3.8) is 0 Å². The second kappa shape index (κ2) is 9.54. The molecular formula is C12H20O3. The Morgan fingerprint density at radius 1 is 1.20 bits per heavy atom. The maximum absolute atomic E-state index is 9.26. The first-order chi connectivity index (χ1) is 7.13. The summed E-state index contributed by atoms with van der Waals surface area (Å²) in [7, 11) is 0. The first-order valence-corrected chi connectivity index (χ1v) is 5.49. The molecule has 1 atom stereocenters. The summed E-state index contributed by atoms with van der Waals surface area (Å²) in [6, 6.07) is 0. The van der Waals surface area contributed by atoms with E-state index < -0.39 is 5.97 Å². The van der Waals surface area contributed by atoms with Crippen molar-refractivity contribution in [3.05, 3.63) is 0 Å². The van der Waals surface area contributed by atoms with E-state index in [4.69, 9.17) is 9.90 Å². The van der Waals surface area contributed by atoms with Gasteiger partial charge in [-0.15, -0.1) is 5.92 Å². The van der Waals surface area contributed by atoms with Gasteiger partial charge in [-0.3, -0.25) is 4.79 Å². The Bertz CT molecular complexity index is 221. The molecule has 2 N–H and O–H groups in total. The topological polar surface area (TPSA) is 57.5 Å². The van der Waals surface area contributed by atoms with Crippen molar-refractivity contribution in [2.75, 3.05) is 0 Å². The number of hydrogen-bond donors (Lipinski definition) is 2. The number of aliphatic hydroxyl groups excluding tert-OH is 1. The largest absolute Gasteiger partial charge is 0.481 e. The van der Waals surface area contributed by atoms with Crippen molar-refractivity contribution in [1.29, 1.82) is 0 Å². The van der Waals surface area contributed by atoms with Gasteiger partial charge < -0.3 is 10.2 Å². The van der Waals surface area contributed by atoms with Crippen LogP contribution in [0.5, 0.6) is 0 Å². The van der Waals surface area contributed by atoms with E-state index in [-0.39, 0.29) is 6.10 Å². The van der Waals surface area contributed by atoms with Gasteiger partial charge >= 0.3 is 0 Å². The van der Waals surface area contributed by atoms with E-state index >= 15 is 0 Å². The molecule has 0 bridgehead atoms. The highest BCUT2D eigenvalue weighted by atomic mass is 16.4. The Hall–Kier alpha value is -1.01. The number of aliphatic hydroxyl groups is 1. The average Bonchev–Trinajstić information content (AvgIpc) is 2.15. The Balaban J connectivity index is 0.000000423. The molecule has 0 saturated carbocycles. The third-order valence-electron chi connectivity index (χ3n) is 2.05. The summed E-state index contributed by atoms with van der Waals surface area (Å²) in [4.78, 5) is 9.00. The number of carboxylic acids is 1. The second-order valence-corrected chi connectivity index (χ2v) is 3.66. The predicted octanol–water partition coefficient (Wildman–Crippen LogP) is 2.19. The molecular weight excluding hydrogens is 192 g/mol. The molecule has 3 nitrogen and oxygen atoms in total. The van der Waals surface area contributed by atoms with Gasteiger partial charge in [-0.2, -0.15) is 0 Å². The van der Waals surface area contributed by atoms with Crippen molar-refractivity contribution < 1.29 is 15.0 Å². The summed E-state index contributed by atoms with van der Waals surface area (Å²) in [6.07, 6.45) is 7.71. The van der Waals surface area contributed by atoms with Crippen LogP contribution in [0.1, 0.15) is 51.9 Å². The fraction of sp³-hybridized carbons (Fsp3) is 0.750. The molecule has 0 heterocycles. The fourth-order valence-electron chi connectivity index (χ4n) is 1.34. The molecule has 0 radical (unpaired) electrons. The van der Waals surface area contributed by atoms with Crippen molar-refractivity contribution in [2.45, 2.75) is 58.0 Å². The lowest BCUT2D eigenvalue weighted by atomic mass is 10.1. The number of hydrogen-bond acceptors (Lipinski definition) is 2. The van der Waals surface area contributed by atoms with Crippen LogP contribution in [0.15, 0.2) is 0 Å². The normalized spacial score (nSPS) is 21.3. The summed E-state index contributed by atoms with van der Waals surface area (Å²) in [5.74, 6) is 5.03. The van der Waals surface area contributed by atoms with Gasteiger partial charge in [-0.1, -0.05) is 25.2 Å². The molecule has 0 amide bonds. The van der Waals surface area contributed by atoms with Gasteiger partial charge in [0.15, 0.2) is 0 Å². The number of rotatable bonds is 0. The molecule has 15 heavy (non-hydrogen) atoms. The summed E-state index contributed by atoms with van der Waals surface area (Å²) >= 11 is 0. The molecule has 0 spiro atoms. The molecule has 0 fully saturated rings. The van der Waals surface area contributed by atoms with Crippen molar-refractivity contribution in [1.82, 2.24) is 0 Å². The number of carbonyl (C=O) groups is 1. The minimum atomic E-state index is -0.833. The van der Waals surface area contributed by atoms with Crippen LogP contribution in [0.2, 0.25) is 0 Å². The van der Waals surface area contributed by atoms with Crippen LogP contribution < -0.4 is 0 Å². The third-order valence-corrected chi connectivity index (χ3v) is 2.05. The molecule has 1 aliphatic carbocycles. The monoisotopic (exact) mass is 212 g/mol. The zero-order valence-corrected chi connectivity index (χ0v) is 9.33. The van der Waals surface area contributed by atoms with E-state index in [0.29, 0.717) is 0 Å². The first-order valence-electron chi connectivity index (χ1n) is 5.49. The molecule has 0 aromatic heterocycles. The van der Waals surface area contributed by atoms with Crippen LogP contribution in [-0.4, -0.2) is 22.3 Å². The molecule has 3 heteroatoms. The lowest BCUT2D eigenvalue weighted by Gasteiger charge is -2.04. The van der Waals surface area contributed by atoms with Crippen molar-refractivity contribution >= 4 is 5.97 Å². The summed E-state index contributed by atoms with van der Waals surface area (Å²) < 4.78 is 0. The predicted molar refractivity (Wildman–Crippen MR) is 59.4 cm³/mol. The summed E-state index contributed by atoms with van der Waals surface area (Å²) in [5, 5.41) is 16.7. The quantitative estimate of drug-likeness (QED) is 0.605. The highest BCUT2D eigenvalue weighted by molar-refractivity contribution is 5.62. The van der Waals surface area contributed by atoms with Crippen molar-refractivity contribution in [3.8, 4) is 11.8 Å². The van der Waals surface area contributed by atoms with Gasteiger partial charge in [0, 0.05) is 13.3 Å². The SMILES string of the molecule is CC(=O)O.OC1C#CCCCCCCC1. The average molecular weight is 212 g/mol. The van der Waals surface area contributed by atoms with Crippen molar-refractivity contribution in [2.24, 2.45) is 0 Å². The van der Waals surface area contributed by atoms with Gasteiger partial charge in [0.25, 0.3) is 5.97 Å². The van der Waals surface area contributed by atoms with Crippen LogP contribution in [0, 0.1) is 11.8 Å². The highest BCUT2D eigenvalue weighted by Gasteiger charge is 1.99. The summed E-state index contributed by atoms with van der Waals surface area (Å²) in [5.41, 5.74) is 0. The summed E-state index contributed by atoms with van der Waals surface area (Å²) in [6.45, 7) is 1.08. The third kappa shape index (κ3) is 13.0. The van der Waals surface area contributed by atoms with E-state index in [1.54, 1.807) is 0 Å². The molecule has 86 valence electrons. The Morgan fingerprint density at radius 2 is 1.73 bits per heavy atom. The first kappa shape index (κ1) is 14.0. The lowest BCUT2D eigenvalue weighted by Crippen LogP contribution is -2.02. The Morgan fingerprint density at radius 3 is 2.40 bits per heavy atom. The van der Waals surface area contributed by atoms with Crippen LogP contribution in [0.4, 0.5) is 0 Å². The van der Waals surface area contributed by atoms with Gasteiger partial charge in [0.2, 0.25) is 0 Å². The molecule has 1 unspecified atom stereocenters. The minimum absolute atomic E-state index is 0.354. The van der Waals surface area contributed by atoms with E-state index in [9.17, 15) is 5.11 Å². The zero-order valence-electron chi connectivity index (χ0n) is 9.33. The van der Waals surface area contributed by atoms with Crippen LogP contribution in [0.3, 0.4) is 0 Å². The maximum Gasteiger partial charge on any atom is 0.300 e. The van der Waals surface area contributed by atoms with Crippen LogP contribution in [0.25, 0.3) is 0 Å². The molecule has 0 aromatic rings. The van der Waals surface area contributed by atoms with E-state index in [0.717, 1.165) is 26.2 Å². The van der Waals surface area contributed by atoms with Gasteiger partial charge in [0.05, 0.1) is 0 Å². The van der Waals surface area contributed by atoms with E-state index in [2.05, 4.69) is 11.8 Å². The highest BCUT2D eigenvalue weighted by Crippen LogP contribution is 2.09. The Labute approximate surface area is 91.5 Å². The molecule has 1 rings (SSSR count). The minimum Gasteiger partial charge on any atom is -0.481 e. The van der Waals surface area contributed by atoms with Crippen LogP contribution in [-0.2, 0) is 4.79 Å². The van der Waals surface area contributed by atoms with E-state index in [1.165, 1.54) is 25.7 Å². The standard InChI is InChI=1S/C10H16O.C2H4O2/c11-10-8-6-4-2-1-3-5-7-9-10;1-2(3)4/h10-11H,1-6,8H2;1H3,(H,3,4). The number of aliphatic carboxylic acids is 1. The fourth-order valence-corrected chi connectivity index (χ4v) is 1.34. The molecule has 0 aromatic carbocycles. The molecule has 0 saturated heterocycles. The van der Waals surface area contributed by atoms with Gasteiger partial charge in [-0.25, -0.2) is 0 Å². The van der Waals surface area contributed by atoms with Gasteiger partial charge in [-0.05, 0) is 19.3 Å². The lowest BCUT2D eigenvalue weighted by molar-refractivity contribution is -0.134. The number of carboxylic acid groups (broad SMARTS) is 1. The molecule has 1 aliphatic rings. The Kier molecular flexibility index (Phi) is 8.90. The zero-order chi connectivity index (χ0) is 11.5. The smallest absolute Gasteiger partial charge is 0.300 e. The maximum atomic E-state index is 9.26. The van der Waals surface area contributed by atoms with E-state index in [1.807, 2.05) is 0 Å². The van der Waals surface area contributed by atoms with Gasteiger partial charge in [0.1, 0.15) is 6.10 Å². The molecule has 0 aliphatic heterocycles. The van der Waals surface area contributed by atoms with Crippen LogP contribution >= 0.6 is 0 Å². The second-order valence-electron chi connectivity index (χ2n) is 3.66.